The Labute approximate surface area is 161 Å². The van der Waals surface area contributed by atoms with E-state index in [1.165, 1.54) is 0 Å². The first kappa shape index (κ1) is 17.7. The Kier molecular flexibility index (Phi) is 5.20. The molecule has 4 rings (SSSR count). The summed E-state index contributed by atoms with van der Waals surface area (Å²) in [7, 11) is 0. The number of benzene rings is 2. The van der Waals surface area contributed by atoms with Gasteiger partial charge in [0.25, 0.3) is 5.91 Å². The normalized spacial score (nSPS) is 21.0. The second-order valence-corrected chi connectivity index (χ2v) is 7.40. The summed E-state index contributed by atoms with van der Waals surface area (Å²) in [5.74, 6) is 2.23. The van der Waals surface area contributed by atoms with Crippen LogP contribution < -0.4 is 14.8 Å². The molecule has 1 fully saturated rings. The van der Waals surface area contributed by atoms with E-state index >= 15 is 0 Å². The van der Waals surface area contributed by atoms with E-state index in [0.29, 0.717) is 41.8 Å². The molecule has 1 N–H and O–H groups in total. The van der Waals surface area contributed by atoms with Gasteiger partial charge in [-0.3, -0.25) is 9.59 Å². The summed E-state index contributed by atoms with van der Waals surface area (Å²) in [6.07, 6.45) is -0.254. The minimum atomic E-state index is -0.473. The minimum Gasteiger partial charge on any atom is -0.486 e. The van der Waals surface area contributed by atoms with Gasteiger partial charge in [-0.15, -0.1) is 11.8 Å². The van der Waals surface area contributed by atoms with E-state index in [9.17, 15) is 9.59 Å². The molecule has 0 radical (unpaired) electrons. The van der Waals surface area contributed by atoms with Crippen molar-refractivity contribution >= 4 is 23.6 Å². The van der Waals surface area contributed by atoms with Crippen LogP contribution in [0.1, 0.15) is 10.4 Å². The number of thioether (sulfide) groups is 1. The Hall–Kier alpha value is -2.67. The van der Waals surface area contributed by atoms with Crippen molar-refractivity contribution in [1.82, 2.24) is 10.2 Å². The van der Waals surface area contributed by atoms with Crippen LogP contribution in [-0.4, -0.2) is 53.6 Å². The number of para-hydroxylation sites is 2. The van der Waals surface area contributed by atoms with Crippen molar-refractivity contribution in [2.24, 2.45) is 0 Å². The molecule has 7 heteroatoms. The van der Waals surface area contributed by atoms with E-state index in [1.807, 2.05) is 42.5 Å². The van der Waals surface area contributed by atoms with Crippen LogP contribution in [0.25, 0.3) is 0 Å². The molecule has 2 aliphatic heterocycles. The summed E-state index contributed by atoms with van der Waals surface area (Å²) >= 11 is 1.58. The molecule has 2 aliphatic rings. The Morgan fingerprint density at radius 3 is 2.63 bits per heavy atom. The second kappa shape index (κ2) is 7.92. The van der Waals surface area contributed by atoms with Crippen molar-refractivity contribution in [1.29, 1.82) is 0 Å². The predicted octanol–water partition coefficient (Wildman–Crippen LogP) is 2.16. The van der Waals surface area contributed by atoms with Gasteiger partial charge in [-0.05, 0) is 24.3 Å². The number of ether oxygens (including phenoxy) is 2. The maximum Gasteiger partial charge on any atom is 0.255 e. The summed E-state index contributed by atoms with van der Waals surface area (Å²) in [4.78, 5) is 27.0. The number of rotatable bonds is 4. The van der Waals surface area contributed by atoms with Gasteiger partial charge in [-0.25, -0.2) is 0 Å². The van der Waals surface area contributed by atoms with Crippen LogP contribution >= 0.6 is 11.8 Å². The van der Waals surface area contributed by atoms with E-state index in [-0.39, 0.29) is 17.9 Å². The van der Waals surface area contributed by atoms with Crippen LogP contribution in [0, 0.1) is 0 Å². The molecule has 0 bridgehead atoms. The SMILES string of the molecule is O=C(NC[C@H]1COc2ccccc2O1)[C@@H]1CSCN1C(=O)c1ccccc1. The third kappa shape index (κ3) is 3.88. The average Bonchev–Trinajstić information content (AvgIpc) is 3.22. The third-order valence-electron chi connectivity index (χ3n) is 4.54. The molecule has 2 atom stereocenters. The molecule has 27 heavy (non-hydrogen) atoms. The number of amides is 2. The monoisotopic (exact) mass is 384 g/mol. The zero-order chi connectivity index (χ0) is 18.6. The largest absolute Gasteiger partial charge is 0.486 e. The molecule has 0 aromatic heterocycles. The molecule has 6 nitrogen and oxygen atoms in total. The number of hydrogen-bond donors (Lipinski definition) is 1. The highest BCUT2D eigenvalue weighted by Crippen LogP contribution is 2.30. The maximum atomic E-state index is 12.7. The molecule has 0 saturated carbocycles. The quantitative estimate of drug-likeness (QED) is 0.875. The summed E-state index contributed by atoms with van der Waals surface area (Å²) < 4.78 is 11.5. The molecule has 2 aromatic rings. The van der Waals surface area contributed by atoms with E-state index in [2.05, 4.69) is 5.32 Å². The van der Waals surface area contributed by atoms with Crippen molar-refractivity contribution in [2.45, 2.75) is 12.1 Å². The van der Waals surface area contributed by atoms with Gasteiger partial charge in [0.15, 0.2) is 11.5 Å². The van der Waals surface area contributed by atoms with Gasteiger partial charge in [0, 0.05) is 11.3 Å². The van der Waals surface area contributed by atoms with E-state index in [4.69, 9.17) is 9.47 Å². The molecular formula is C20H20N2O4S. The molecule has 140 valence electrons. The van der Waals surface area contributed by atoms with Crippen molar-refractivity contribution in [3.05, 3.63) is 60.2 Å². The Morgan fingerprint density at radius 1 is 1.07 bits per heavy atom. The van der Waals surface area contributed by atoms with E-state index in [0.717, 1.165) is 0 Å². The molecule has 0 spiro atoms. The lowest BCUT2D eigenvalue weighted by Crippen LogP contribution is -2.50. The first-order valence-corrected chi connectivity index (χ1v) is 9.98. The summed E-state index contributed by atoms with van der Waals surface area (Å²) in [6.45, 7) is 0.713. The zero-order valence-electron chi connectivity index (χ0n) is 14.7. The Morgan fingerprint density at radius 2 is 1.81 bits per heavy atom. The fourth-order valence-corrected chi connectivity index (χ4v) is 4.26. The fraction of sp³-hybridized carbons (Fsp3) is 0.300. The predicted molar refractivity (Wildman–Crippen MR) is 103 cm³/mol. The van der Waals surface area contributed by atoms with Crippen LogP contribution in [0.2, 0.25) is 0 Å². The molecule has 1 saturated heterocycles. The molecule has 2 heterocycles. The van der Waals surface area contributed by atoms with Gasteiger partial charge in [-0.1, -0.05) is 30.3 Å². The lowest BCUT2D eigenvalue weighted by atomic mass is 10.1. The average molecular weight is 384 g/mol. The van der Waals surface area contributed by atoms with Crippen molar-refractivity contribution < 1.29 is 19.1 Å². The van der Waals surface area contributed by atoms with E-state index in [1.54, 1.807) is 28.8 Å². The highest BCUT2D eigenvalue weighted by atomic mass is 32.2. The molecule has 2 aromatic carbocycles. The summed E-state index contributed by atoms with van der Waals surface area (Å²) in [6, 6.07) is 16.0. The standard InChI is InChI=1S/C20H20N2O4S/c23-19(21-10-15-11-25-17-8-4-5-9-18(17)26-15)16-12-27-13-22(16)20(24)14-6-2-1-3-7-14/h1-9,15-16H,10-13H2,(H,21,23)/t15-,16-/m0/s1. The zero-order valence-corrected chi connectivity index (χ0v) is 15.5. The maximum absolute atomic E-state index is 12.7. The number of carbonyl (C=O) groups is 2. The fourth-order valence-electron chi connectivity index (χ4n) is 3.10. The van der Waals surface area contributed by atoms with Crippen LogP contribution in [0.5, 0.6) is 11.5 Å². The highest BCUT2D eigenvalue weighted by Gasteiger charge is 2.35. The van der Waals surface area contributed by atoms with Crippen LogP contribution in [-0.2, 0) is 4.79 Å². The van der Waals surface area contributed by atoms with Crippen molar-refractivity contribution in [2.75, 3.05) is 24.8 Å². The number of fused-ring (bicyclic) bond motifs is 1. The van der Waals surface area contributed by atoms with Gasteiger partial charge in [0.2, 0.25) is 5.91 Å². The van der Waals surface area contributed by atoms with Gasteiger partial charge in [0.05, 0.1) is 12.4 Å². The second-order valence-electron chi connectivity index (χ2n) is 6.40. The van der Waals surface area contributed by atoms with Crippen molar-refractivity contribution in [3.8, 4) is 11.5 Å². The smallest absolute Gasteiger partial charge is 0.255 e. The molecular weight excluding hydrogens is 364 g/mol. The highest BCUT2D eigenvalue weighted by molar-refractivity contribution is 7.99. The first-order chi connectivity index (χ1) is 13.2. The Balaban J connectivity index is 1.35. The number of nitrogens with zero attached hydrogens (tertiary/aromatic N) is 1. The van der Waals surface area contributed by atoms with Gasteiger partial charge < -0.3 is 19.7 Å². The molecule has 0 unspecified atom stereocenters. The number of hydrogen-bond acceptors (Lipinski definition) is 5. The van der Waals surface area contributed by atoms with E-state index < -0.39 is 6.04 Å². The molecule has 0 aliphatic carbocycles. The van der Waals surface area contributed by atoms with Gasteiger partial charge >= 0.3 is 0 Å². The third-order valence-corrected chi connectivity index (χ3v) is 5.55. The first-order valence-electron chi connectivity index (χ1n) is 8.82. The van der Waals surface area contributed by atoms with Crippen molar-refractivity contribution in [3.63, 3.8) is 0 Å². The lowest BCUT2D eigenvalue weighted by Gasteiger charge is -2.28. The van der Waals surface area contributed by atoms with Crippen LogP contribution in [0.15, 0.2) is 54.6 Å². The molecule has 2 amide bonds. The summed E-state index contributed by atoms with van der Waals surface area (Å²) in [5, 5.41) is 2.91. The lowest BCUT2D eigenvalue weighted by molar-refractivity contribution is -0.125. The van der Waals surface area contributed by atoms with Crippen LogP contribution in [0.3, 0.4) is 0 Å². The van der Waals surface area contributed by atoms with Gasteiger partial charge in [0.1, 0.15) is 18.8 Å². The Bertz CT molecular complexity index is 830. The summed E-state index contributed by atoms with van der Waals surface area (Å²) in [5.41, 5.74) is 0.596. The van der Waals surface area contributed by atoms with Crippen LogP contribution in [0.4, 0.5) is 0 Å². The topological polar surface area (TPSA) is 67.9 Å². The van der Waals surface area contributed by atoms with Gasteiger partial charge in [-0.2, -0.15) is 0 Å². The number of carbonyl (C=O) groups excluding carboxylic acids is 2. The number of nitrogens with one attached hydrogen (secondary N) is 1. The minimum absolute atomic E-state index is 0.119.